The molecule has 0 amide bonds. The zero-order valence-corrected chi connectivity index (χ0v) is 13.1. The number of nitrogen functional groups attached to an aromatic ring is 1. The highest BCUT2D eigenvalue weighted by molar-refractivity contribution is 7.89. The minimum Gasteiger partial charge on any atom is -0.395 e. The van der Waals surface area contributed by atoms with E-state index in [1.54, 1.807) is 0 Å². The van der Waals surface area contributed by atoms with Gasteiger partial charge in [-0.15, -0.1) is 0 Å². The van der Waals surface area contributed by atoms with Gasteiger partial charge in [0.05, 0.1) is 5.69 Å². The molecule has 4 nitrogen and oxygen atoms in total. The summed E-state index contributed by atoms with van der Waals surface area (Å²) in [5.74, 6) is -0.703. The zero-order valence-electron chi connectivity index (χ0n) is 12.3. The van der Waals surface area contributed by atoms with Crippen molar-refractivity contribution < 1.29 is 12.8 Å². The van der Waals surface area contributed by atoms with Gasteiger partial charge in [-0.1, -0.05) is 26.3 Å². The highest BCUT2D eigenvalue weighted by atomic mass is 32.2. The second-order valence-electron chi connectivity index (χ2n) is 4.88. The minimum absolute atomic E-state index is 0.144. The highest BCUT2D eigenvalue weighted by Crippen LogP contribution is 2.26. The number of nitrogens with zero attached hydrogens (tertiary/aromatic N) is 1. The summed E-state index contributed by atoms with van der Waals surface area (Å²) in [5, 5.41) is 0. The van der Waals surface area contributed by atoms with E-state index in [1.165, 1.54) is 16.4 Å². The van der Waals surface area contributed by atoms with Gasteiger partial charge in [-0.2, -0.15) is 4.31 Å². The van der Waals surface area contributed by atoms with Gasteiger partial charge in [0.25, 0.3) is 0 Å². The van der Waals surface area contributed by atoms with Gasteiger partial charge in [-0.3, -0.25) is 0 Å². The highest BCUT2D eigenvalue weighted by Gasteiger charge is 2.30. The fraction of sp³-hybridized carbons (Fsp3) is 0.571. The number of hydrogen-bond donors (Lipinski definition) is 1. The predicted molar refractivity (Wildman–Crippen MR) is 79.4 cm³/mol. The van der Waals surface area contributed by atoms with Crippen LogP contribution in [-0.2, 0) is 10.0 Å². The fourth-order valence-corrected chi connectivity index (χ4v) is 3.83. The van der Waals surface area contributed by atoms with E-state index in [4.69, 9.17) is 5.73 Å². The number of para-hydroxylation sites is 1. The third kappa shape index (κ3) is 3.49. The summed E-state index contributed by atoms with van der Waals surface area (Å²) in [4.78, 5) is -0.145. The summed E-state index contributed by atoms with van der Waals surface area (Å²) in [5.41, 5.74) is 5.29. The molecule has 1 atom stereocenters. The summed E-state index contributed by atoms with van der Waals surface area (Å²) >= 11 is 0. The predicted octanol–water partition coefficient (Wildman–Crippen LogP) is 3.00. The van der Waals surface area contributed by atoms with Gasteiger partial charge in [0.15, 0.2) is 0 Å². The number of rotatable bonds is 7. The summed E-state index contributed by atoms with van der Waals surface area (Å²) in [6, 6.07) is 3.74. The molecule has 20 heavy (non-hydrogen) atoms. The first kappa shape index (κ1) is 16.9. The van der Waals surface area contributed by atoms with Crippen molar-refractivity contribution in [1.82, 2.24) is 4.31 Å². The molecule has 2 N–H and O–H groups in total. The molecular formula is C14H23FN2O2S. The number of benzene rings is 1. The van der Waals surface area contributed by atoms with Crippen LogP contribution in [0.2, 0.25) is 0 Å². The van der Waals surface area contributed by atoms with Crippen LogP contribution in [0.15, 0.2) is 23.1 Å². The van der Waals surface area contributed by atoms with Crippen molar-refractivity contribution in [2.24, 2.45) is 0 Å². The second kappa shape index (κ2) is 7.04. The Hall–Kier alpha value is -1.14. The summed E-state index contributed by atoms with van der Waals surface area (Å²) in [7, 11) is -3.77. The van der Waals surface area contributed by atoms with Crippen LogP contribution in [0.4, 0.5) is 10.1 Å². The number of nitrogens with two attached hydrogens (primary N) is 1. The monoisotopic (exact) mass is 302 g/mol. The lowest BCUT2D eigenvalue weighted by Crippen LogP contribution is -2.39. The average molecular weight is 302 g/mol. The second-order valence-corrected chi connectivity index (χ2v) is 6.74. The van der Waals surface area contributed by atoms with Crippen LogP contribution < -0.4 is 5.73 Å². The maximum atomic E-state index is 13.5. The molecule has 0 saturated heterocycles. The molecule has 0 fully saturated rings. The lowest BCUT2D eigenvalue weighted by Gasteiger charge is -2.28. The minimum atomic E-state index is -3.77. The van der Waals surface area contributed by atoms with E-state index in [1.807, 2.05) is 20.8 Å². The van der Waals surface area contributed by atoms with Crippen LogP contribution in [0.1, 0.15) is 40.0 Å². The topological polar surface area (TPSA) is 63.4 Å². The molecule has 0 aliphatic carbocycles. The van der Waals surface area contributed by atoms with E-state index < -0.39 is 15.8 Å². The Kier molecular flexibility index (Phi) is 5.95. The normalized spacial score (nSPS) is 13.7. The molecule has 1 aromatic carbocycles. The van der Waals surface area contributed by atoms with Crippen molar-refractivity contribution in [3.63, 3.8) is 0 Å². The molecule has 1 unspecified atom stereocenters. The summed E-state index contributed by atoms with van der Waals surface area (Å²) in [6.45, 7) is 6.19. The van der Waals surface area contributed by atoms with E-state index in [-0.39, 0.29) is 16.6 Å². The Morgan fingerprint density at radius 2 is 2.00 bits per heavy atom. The summed E-state index contributed by atoms with van der Waals surface area (Å²) in [6.07, 6.45) is 2.35. The Morgan fingerprint density at radius 3 is 2.55 bits per heavy atom. The molecule has 114 valence electrons. The molecule has 0 aromatic heterocycles. The van der Waals surface area contributed by atoms with Crippen LogP contribution in [0.25, 0.3) is 0 Å². The van der Waals surface area contributed by atoms with Gasteiger partial charge in [0, 0.05) is 12.6 Å². The van der Waals surface area contributed by atoms with Crippen LogP contribution >= 0.6 is 0 Å². The molecule has 0 aliphatic heterocycles. The Balaban J connectivity index is 3.25. The van der Waals surface area contributed by atoms with Crippen LogP contribution in [0.5, 0.6) is 0 Å². The molecule has 0 bridgehead atoms. The van der Waals surface area contributed by atoms with Crippen LogP contribution in [0.3, 0.4) is 0 Å². The van der Waals surface area contributed by atoms with E-state index in [0.29, 0.717) is 13.0 Å². The van der Waals surface area contributed by atoms with Crippen molar-refractivity contribution in [1.29, 1.82) is 0 Å². The van der Waals surface area contributed by atoms with E-state index >= 15 is 0 Å². The SMILES string of the molecule is CCCCN(C(C)CC)S(=O)(=O)c1cccc(F)c1N. The lowest BCUT2D eigenvalue weighted by atomic mass is 10.2. The molecule has 1 rings (SSSR count). The van der Waals surface area contributed by atoms with Gasteiger partial charge >= 0.3 is 0 Å². The van der Waals surface area contributed by atoms with Gasteiger partial charge in [-0.05, 0) is 31.9 Å². The fourth-order valence-electron chi connectivity index (χ4n) is 1.96. The van der Waals surface area contributed by atoms with E-state index in [0.717, 1.165) is 18.9 Å². The maximum Gasteiger partial charge on any atom is 0.245 e. The molecule has 1 aromatic rings. The number of unbranched alkanes of at least 4 members (excludes halogenated alkanes) is 1. The number of hydrogen-bond acceptors (Lipinski definition) is 3. The largest absolute Gasteiger partial charge is 0.395 e. The van der Waals surface area contributed by atoms with Crippen LogP contribution in [0, 0.1) is 5.82 Å². The Labute approximate surface area is 120 Å². The number of halogens is 1. The van der Waals surface area contributed by atoms with Gasteiger partial charge in [-0.25, -0.2) is 12.8 Å². The molecule has 6 heteroatoms. The Bertz CT molecular complexity index is 546. The van der Waals surface area contributed by atoms with E-state index in [9.17, 15) is 12.8 Å². The Morgan fingerprint density at radius 1 is 1.35 bits per heavy atom. The quantitative estimate of drug-likeness (QED) is 0.788. The standard InChI is InChI=1S/C14H23FN2O2S/c1-4-6-10-17(11(3)5-2)20(18,19)13-9-7-8-12(15)14(13)16/h7-9,11H,4-6,10,16H2,1-3H3. The smallest absolute Gasteiger partial charge is 0.245 e. The third-order valence-electron chi connectivity index (χ3n) is 3.41. The lowest BCUT2D eigenvalue weighted by molar-refractivity contribution is 0.324. The van der Waals surface area contributed by atoms with Gasteiger partial charge in [0.2, 0.25) is 10.0 Å². The molecule has 0 saturated carbocycles. The zero-order chi connectivity index (χ0) is 15.3. The van der Waals surface area contributed by atoms with E-state index in [2.05, 4.69) is 0 Å². The molecule has 0 heterocycles. The van der Waals surface area contributed by atoms with Crippen LogP contribution in [-0.4, -0.2) is 25.3 Å². The van der Waals surface area contributed by atoms with Crippen molar-refractivity contribution in [3.05, 3.63) is 24.0 Å². The van der Waals surface area contributed by atoms with Gasteiger partial charge in [0.1, 0.15) is 10.7 Å². The molecular weight excluding hydrogens is 279 g/mol. The molecule has 0 aliphatic rings. The van der Waals surface area contributed by atoms with Crippen molar-refractivity contribution in [3.8, 4) is 0 Å². The molecule has 0 radical (unpaired) electrons. The average Bonchev–Trinajstić information content (AvgIpc) is 2.41. The van der Waals surface area contributed by atoms with Gasteiger partial charge < -0.3 is 5.73 Å². The summed E-state index contributed by atoms with van der Waals surface area (Å²) < 4.78 is 40.3. The van der Waals surface area contributed by atoms with Crippen molar-refractivity contribution >= 4 is 15.7 Å². The first-order valence-electron chi connectivity index (χ1n) is 6.92. The maximum absolute atomic E-state index is 13.5. The third-order valence-corrected chi connectivity index (χ3v) is 5.49. The molecule has 0 spiro atoms. The first-order valence-corrected chi connectivity index (χ1v) is 8.36. The number of anilines is 1. The van der Waals surface area contributed by atoms with Crippen molar-refractivity contribution in [2.75, 3.05) is 12.3 Å². The van der Waals surface area contributed by atoms with Crippen molar-refractivity contribution in [2.45, 2.75) is 51.0 Å². The first-order chi connectivity index (χ1) is 9.36. The number of sulfonamides is 1.